The Labute approximate surface area is 142 Å². The molecule has 1 aromatic rings. The minimum absolute atomic E-state index is 0.114. The highest BCUT2D eigenvalue weighted by Crippen LogP contribution is 2.10. The van der Waals surface area contributed by atoms with Gasteiger partial charge in [0.15, 0.2) is 5.96 Å². The summed E-state index contributed by atoms with van der Waals surface area (Å²) in [5.41, 5.74) is 10.1. The van der Waals surface area contributed by atoms with Gasteiger partial charge in [0, 0.05) is 5.92 Å². The van der Waals surface area contributed by atoms with E-state index in [1.165, 1.54) is 0 Å². The average Bonchev–Trinajstić information content (AvgIpc) is 3.11. The van der Waals surface area contributed by atoms with E-state index in [-0.39, 0.29) is 23.7 Å². The number of aliphatic imine (C=N–C) groups is 1. The zero-order valence-corrected chi connectivity index (χ0v) is 16.7. The van der Waals surface area contributed by atoms with Crippen molar-refractivity contribution in [3.05, 3.63) is 22.9 Å². The molecule has 22 heavy (non-hydrogen) atoms. The Morgan fingerprint density at radius 2 is 1.27 bits per heavy atom. The number of carbonyl (C=O) groups excluding carboxylic acids is 1. The van der Waals surface area contributed by atoms with Crippen LogP contribution >= 0.6 is 11.3 Å². The van der Waals surface area contributed by atoms with Crippen molar-refractivity contribution in [2.24, 2.45) is 28.3 Å². The Balaban J connectivity index is -0.000000122. The SMILES string of the molecule is CC.CC.CC.CC(C)C(C)C(=O)N=C(N)N.c1ccsc1. The summed E-state index contributed by atoms with van der Waals surface area (Å²) in [6.07, 6.45) is 0. The van der Waals surface area contributed by atoms with Crippen LogP contribution in [-0.4, -0.2) is 11.9 Å². The van der Waals surface area contributed by atoms with E-state index < -0.39 is 0 Å². The van der Waals surface area contributed by atoms with Crippen molar-refractivity contribution in [3.8, 4) is 0 Å². The number of carbonyl (C=O) groups is 1. The highest BCUT2D eigenvalue weighted by atomic mass is 32.1. The van der Waals surface area contributed by atoms with Crippen LogP contribution in [0.25, 0.3) is 0 Å². The zero-order valence-electron chi connectivity index (χ0n) is 15.9. The van der Waals surface area contributed by atoms with Gasteiger partial charge in [-0.3, -0.25) is 4.79 Å². The first kappa shape index (κ1) is 28.8. The van der Waals surface area contributed by atoms with Crippen molar-refractivity contribution in [1.29, 1.82) is 0 Å². The Kier molecular flexibility index (Phi) is 32.2. The third-order valence-corrected chi connectivity index (χ3v) is 2.68. The number of guanidine groups is 1. The van der Waals surface area contributed by atoms with E-state index in [9.17, 15) is 4.79 Å². The third kappa shape index (κ3) is 23.7. The van der Waals surface area contributed by atoms with Crippen molar-refractivity contribution < 1.29 is 4.79 Å². The molecule has 0 saturated heterocycles. The van der Waals surface area contributed by atoms with E-state index in [0.29, 0.717) is 0 Å². The second-order valence-corrected chi connectivity index (χ2v) is 4.52. The van der Waals surface area contributed by atoms with E-state index in [2.05, 4.69) is 4.99 Å². The van der Waals surface area contributed by atoms with Crippen molar-refractivity contribution in [2.45, 2.75) is 62.3 Å². The molecule has 1 unspecified atom stereocenters. The summed E-state index contributed by atoms with van der Waals surface area (Å²) in [4.78, 5) is 14.5. The quantitative estimate of drug-likeness (QED) is 0.597. The zero-order chi connectivity index (χ0) is 18.6. The summed E-state index contributed by atoms with van der Waals surface area (Å²) >= 11 is 1.71. The van der Waals surface area contributed by atoms with Gasteiger partial charge in [-0.05, 0) is 16.7 Å². The summed E-state index contributed by atoms with van der Waals surface area (Å²) in [7, 11) is 0. The summed E-state index contributed by atoms with van der Waals surface area (Å²) in [6, 6.07) is 4.04. The van der Waals surface area contributed by atoms with E-state index in [1.54, 1.807) is 18.3 Å². The molecule has 0 spiro atoms. The minimum Gasteiger partial charge on any atom is -0.370 e. The topological polar surface area (TPSA) is 81.5 Å². The van der Waals surface area contributed by atoms with Crippen LogP contribution < -0.4 is 11.5 Å². The van der Waals surface area contributed by atoms with E-state index in [0.717, 1.165) is 0 Å². The van der Waals surface area contributed by atoms with Crippen molar-refractivity contribution >= 4 is 23.2 Å². The summed E-state index contributed by atoms with van der Waals surface area (Å²) in [6.45, 7) is 17.7. The van der Waals surface area contributed by atoms with Crippen LogP contribution in [-0.2, 0) is 4.79 Å². The van der Waals surface area contributed by atoms with Gasteiger partial charge in [0.25, 0.3) is 5.91 Å². The molecule has 1 atom stereocenters. The molecule has 0 radical (unpaired) electrons. The number of hydrogen-bond acceptors (Lipinski definition) is 2. The molecule has 0 aliphatic heterocycles. The van der Waals surface area contributed by atoms with Gasteiger partial charge in [0.05, 0.1) is 0 Å². The molecule has 5 heteroatoms. The van der Waals surface area contributed by atoms with Crippen molar-refractivity contribution in [2.75, 3.05) is 0 Å². The summed E-state index contributed by atoms with van der Waals surface area (Å²) in [5.74, 6) is -0.259. The lowest BCUT2D eigenvalue weighted by Crippen LogP contribution is -2.26. The number of rotatable bonds is 2. The fourth-order valence-corrected chi connectivity index (χ4v) is 1.19. The van der Waals surface area contributed by atoms with Crippen molar-refractivity contribution in [3.63, 3.8) is 0 Å². The van der Waals surface area contributed by atoms with Crippen LogP contribution in [0.4, 0.5) is 0 Å². The van der Waals surface area contributed by atoms with Gasteiger partial charge in [0.1, 0.15) is 0 Å². The Morgan fingerprint density at radius 1 is 0.909 bits per heavy atom. The second-order valence-electron chi connectivity index (χ2n) is 3.70. The Morgan fingerprint density at radius 3 is 1.45 bits per heavy atom. The number of hydrogen-bond donors (Lipinski definition) is 2. The molecule has 4 nitrogen and oxygen atoms in total. The maximum absolute atomic E-state index is 11.0. The van der Waals surface area contributed by atoms with E-state index in [4.69, 9.17) is 11.5 Å². The first-order valence-electron chi connectivity index (χ1n) is 8.05. The van der Waals surface area contributed by atoms with Crippen LogP contribution in [0.2, 0.25) is 0 Å². The molecule has 0 aliphatic carbocycles. The molecule has 1 rings (SSSR count). The number of amides is 1. The molecule has 0 fully saturated rings. The van der Waals surface area contributed by atoms with Gasteiger partial charge in [-0.2, -0.15) is 16.3 Å². The molecule has 1 amide bonds. The molecular weight excluding hydrogens is 294 g/mol. The lowest BCUT2D eigenvalue weighted by atomic mass is 9.98. The highest BCUT2D eigenvalue weighted by molar-refractivity contribution is 7.07. The molecule has 4 N–H and O–H groups in total. The van der Waals surface area contributed by atoms with Crippen LogP contribution in [0.5, 0.6) is 0 Å². The molecule has 0 saturated carbocycles. The summed E-state index contributed by atoms with van der Waals surface area (Å²) in [5, 5.41) is 4.08. The number of nitrogens with two attached hydrogens (primary N) is 2. The molecule has 132 valence electrons. The van der Waals surface area contributed by atoms with Crippen LogP contribution in [0.1, 0.15) is 62.3 Å². The number of nitrogens with zero attached hydrogens (tertiary/aromatic N) is 1. The molecule has 1 aromatic heterocycles. The van der Waals surface area contributed by atoms with Gasteiger partial charge < -0.3 is 11.5 Å². The predicted molar refractivity (Wildman–Crippen MR) is 103 cm³/mol. The minimum atomic E-state index is -0.250. The third-order valence-electron chi connectivity index (χ3n) is 2.05. The second kappa shape index (κ2) is 24.6. The molecular formula is C17H37N3OS. The fraction of sp³-hybridized carbons (Fsp3) is 0.647. The van der Waals surface area contributed by atoms with E-state index >= 15 is 0 Å². The van der Waals surface area contributed by atoms with Gasteiger partial charge in [-0.1, -0.05) is 74.4 Å². The predicted octanol–water partition coefficient (Wildman–Crippen LogP) is 4.91. The Bertz CT molecular complexity index is 301. The standard InChI is InChI=1S/C7H15N3O.C4H4S.3C2H6/c1-4(2)5(3)6(11)10-7(8)9;1-2-4-5-3-1;3*1-2/h4-5H,1-3H3,(H4,8,9,10,11);1-4H;3*1-2H3. The first-order valence-corrected chi connectivity index (χ1v) is 9.00. The molecule has 0 aliphatic rings. The lowest BCUT2D eigenvalue weighted by molar-refractivity contribution is -0.122. The van der Waals surface area contributed by atoms with E-state index in [1.807, 2.05) is 78.3 Å². The molecule has 0 bridgehead atoms. The lowest BCUT2D eigenvalue weighted by Gasteiger charge is -2.09. The van der Waals surface area contributed by atoms with Gasteiger partial charge in [-0.25, -0.2) is 0 Å². The van der Waals surface area contributed by atoms with Crippen molar-refractivity contribution in [1.82, 2.24) is 0 Å². The first-order chi connectivity index (χ1) is 10.4. The van der Waals surface area contributed by atoms with Gasteiger partial charge >= 0.3 is 0 Å². The Hall–Kier alpha value is -1.36. The monoisotopic (exact) mass is 331 g/mol. The maximum Gasteiger partial charge on any atom is 0.251 e. The average molecular weight is 332 g/mol. The smallest absolute Gasteiger partial charge is 0.251 e. The molecule has 0 aromatic carbocycles. The largest absolute Gasteiger partial charge is 0.370 e. The maximum atomic E-state index is 11.0. The van der Waals surface area contributed by atoms with Gasteiger partial charge in [0.2, 0.25) is 0 Å². The number of thiophene rings is 1. The normalized spacial score (nSPS) is 9.00. The van der Waals surface area contributed by atoms with Gasteiger partial charge in [-0.15, -0.1) is 0 Å². The van der Waals surface area contributed by atoms with Crippen LogP contribution in [0.3, 0.4) is 0 Å². The summed E-state index contributed by atoms with van der Waals surface area (Å²) < 4.78 is 0. The van der Waals surface area contributed by atoms with Crippen LogP contribution in [0.15, 0.2) is 27.9 Å². The van der Waals surface area contributed by atoms with Crippen LogP contribution in [0, 0.1) is 11.8 Å². The molecule has 1 heterocycles. The fourth-order valence-electron chi connectivity index (χ4n) is 0.741. The highest BCUT2D eigenvalue weighted by Gasteiger charge is 2.15.